The summed E-state index contributed by atoms with van der Waals surface area (Å²) in [4.78, 5) is 15.0. The van der Waals surface area contributed by atoms with Gasteiger partial charge in [-0.25, -0.2) is 0 Å². The zero-order chi connectivity index (χ0) is 9.68. The van der Waals surface area contributed by atoms with Crippen molar-refractivity contribution < 1.29 is 9.53 Å². The molecule has 0 aliphatic heterocycles. The van der Waals surface area contributed by atoms with Gasteiger partial charge in [-0.2, -0.15) is 0 Å². The van der Waals surface area contributed by atoms with Crippen LogP contribution in [0.5, 0.6) is 5.75 Å². The maximum atomic E-state index is 10.9. The van der Waals surface area contributed by atoms with Crippen molar-refractivity contribution in [2.75, 3.05) is 6.61 Å². The lowest BCUT2D eigenvalue weighted by molar-refractivity contribution is -0.116. The number of pyridine rings is 1. The number of carbonyl (C=O) groups excluding carboxylic acids is 1. The van der Waals surface area contributed by atoms with Gasteiger partial charge in [0.05, 0.1) is 18.7 Å². The van der Waals surface area contributed by atoms with Gasteiger partial charge in [-0.3, -0.25) is 9.78 Å². The molecule has 3 nitrogen and oxygen atoms in total. The molecule has 0 saturated carbocycles. The number of carbonyl (C=O) groups is 1. The number of rotatable bonds is 4. The van der Waals surface area contributed by atoms with Gasteiger partial charge in [-0.05, 0) is 26.0 Å². The van der Waals surface area contributed by atoms with Gasteiger partial charge in [0.1, 0.15) is 11.5 Å². The maximum Gasteiger partial charge on any atom is 0.141 e. The molecule has 0 bridgehead atoms. The standard InChI is InChI=1S/C10H13NO2/c1-3-13-10-5-4-6-11-9(10)7-8(2)12/h4-6H,3,7H2,1-2H3. The van der Waals surface area contributed by atoms with Crippen LogP contribution in [0.3, 0.4) is 0 Å². The summed E-state index contributed by atoms with van der Waals surface area (Å²) >= 11 is 0. The van der Waals surface area contributed by atoms with Crippen molar-refractivity contribution in [3.8, 4) is 5.75 Å². The van der Waals surface area contributed by atoms with E-state index in [1.165, 1.54) is 0 Å². The Balaban J connectivity index is 2.84. The Bertz CT molecular complexity index is 297. The molecule has 0 spiro atoms. The van der Waals surface area contributed by atoms with Crippen LogP contribution in [0.15, 0.2) is 18.3 Å². The molecule has 0 unspecified atom stereocenters. The van der Waals surface area contributed by atoms with E-state index < -0.39 is 0 Å². The van der Waals surface area contributed by atoms with E-state index in [0.717, 1.165) is 5.69 Å². The second-order valence-electron chi connectivity index (χ2n) is 2.76. The summed E-state index contributed by atoms with van der Waals surface area (Å²) in [7, 11) is 0. The van der Waals surface area contributed by atoms with Crippen molar-refractivity contribution in [2.24, 2.45) is 0 Å². The van der Waals surface area contributed by atoms with E-state index in [2.05, 4.69) is 4.98 Å². The quantitative estimate of drug-likeness (QED) is 0.705. The molecule has 0 fully saturated rings. The van der Waals surface area contributed by atoms with Gasteiger partial charge in [0.2, 0.25) is 0 Å². The molecule has 0 saturated heterocycles. The molecule has 1 rings (SSSR count). The maximum absolute atomic E-state index is 10.9. The Kier molecular flexibility index (Phi) is 3.43. The molecular weight excluding hydrogens is 166 g/mol. The highest BCUT2D eigenvalue weighted by Gasteiger charge is 2.05. The predicted octanol–water partition coefficient (Wildman–Crippen LogP) is 1.61. The van der Waals surface area contributed by atoms with Crippen LogP contribution in [0.4, 0.5) is 0 Å². The van der Waals surface area contributed by atoms with Gasteiger partial charge in [0.25, 0.3) is 0 Å². The van der Waals surface area contributed by atoms with Crippen molar-refractivity contribution in [1.82, 2.24) is 4.98 Å². The Morgan fingerprint density at radius 1 is 1.62 bits per heavy atom. The Hall–Kier alpha value is -1.38. The lowest BCUT2D eigenvalue weighted by Crippen LogP contribution is -2.03. The molecule has 0 aliphatic rings. The van der Waals surface area contributed by atoms with Crippen LogP contribution in [-0.4, -0.2) is 17.4 Å². The third kappa shape index (κ3) is 2.86. The molecule has 1 aromatic heterocycles. The minimum absolute atomic E-state index is 0.0969. The number of aromatic nitrogens is 1. The van der Waals surface area contributed by atoms with Gasteiger partial charge in [-0.1, -0.05) is 0 Å². The van der Waals surface area contributed by atoms with Crippen LogP contribution in [0.25, 0.3) is 0 Å². The van der Waals surface area contributed by atoms with Crippen molar-refractivity contribution >= 4 is 5.78 Å². The van der Waals surface area contributed by atoms with Crippen molar-refractivity contribution in [3.05, 3.63) is 24.0 Å². The number of Topliss-reactive ketones (excluding diaryl/α,β-unsaturated/α-hetero) is 1. The molecule has 1 aromatic rings. The van der Waals surface area contributed by atoms with E-state index in [0.29, 0.717) is 18.8 Å². The van der Waals surface area contributed by atoms with Gasteiger partial charge in [-0.15, -0.1) is 0 Å². The van der Waals surface area contributed by atoms with Crippen LogP contribution in [0, 0.1) is 0 Å². The van der Waals surface area contributed by atoms with Gasteiger partial charge < -0.3 is 4.74 Å². The van der Waals surface area contributed by atoms with Crippen LogP contribution in [0.1, 0.15) is 19.5 Å². The second-order valence-corrected chi connectivity index (χ2v) is 2.76. The van der Waals surface area contributed by atoms with Crippen LogP contribution >= 0.6 is 0 Å². The van der Waals surface area contributed by atoms with Crippen molar-refractivity contribution in [1.29, 1.82) is 0 Å². The Morgan fingerprint density at radius 2 is 2.38 bits per heavy atom. The molecule has 13 heavy (non-hydrogen) atoms. The summed E-state index contributed by atoms with van der Waals surface area (Å²) in [5, 5.41) is 0. The summed E-state index contributed by atoms with van der Waals surface area (Å²) < 4.78 is 5.32. The minimum Gasteiger partial charge on any atom is -0.492 e. The monoisotopic (exact) mass is 179 g/mol. The molecule has 0 aromatic carbocycles. The molecule has 0 aliphatic carbocycles. The van der Waals surface area contributed by atoms with Crippen molar-refractivity contribution in [2.45, 2.75) is 20.3 Å². The summed E-state index contributed by atoms with van der Waals surface area (Å²) in [5.74, 6) is 0.805. The predicted molar refractivity (Wildman–Crippen MR) is 49.8 cm³/mol. The number of ketones is 1. The number of hydrogen-bond acceptors (Lipinski definition) is 3. The molecule has 1 heterocycles. The largest absolute Gasteiger partial charge is 0.492 e. The smallest absolute Gasteiger partial charge is 0.141 e. The van der Waals surface area contributed by atoms with E-state index in [-0.39, 0.29) is 5.78 Å². The lowest BCUT2D eigenvalue weighted by atomic mass is 10.2. The minimum atomic E-state index is 0.0969. The molecule has 3 heteroatoms. The highest BCUT2D eigenvalue weighted by atomic mass is 16.5. The average Bonchev–Trinajstić information content (AvgIpc) is 2.08. The fourth-order valence-corrected chi connectivity index (χ4v) is 1.08. The van der Waals surface area contributed by atoms with E-state index >= 15 is 0 Å². The summed E-state index contributed by atoms with van der Waals surface area (Å²) in [5.41, 5.74) is 0.719. The zero-order valence-electron chi connectivity index (χ0n) is 7.91. The molecule has 0 radical (unpaired) electrons. The summed E-state index contributed by atoms with van der Waals surface area (Å²) in [6, 6.07) is 3.63. The van der Waals surface area contributed by atoms with E-state index in [1.54, 1.807) is 19.2 Å². The summed E-state index contributed by atoms with van der Waals surface area (Å²) in [6.45, 7) is 4.05. The third-order valence-electron chi connectivity index (χ3n) is 1.56. The highest BCUT2D eigenvalue weighted by Crippen LogP contribution is 2.15. The van der Waals surface area contributed by atoms with Gasteiger partial charge >= 0.3 is 0 Å². The average molecular weight is 179 g/mol. The Morgan fingerprint density at radius 3 is 3.00 bits per heavy atom. The van der Waals surface area contributed by atoms with E-state index in [9.17, 15) is 4.79 Å². The fourth-order valence-electron chi connectivity index (χ4n) is 1.08. The molecule has 0 amide bonds. The zero-order valence-corrected chi connectivity index (χ0v) is 7.91. The molecule has 0 atom stereocenters. The molecular formula is C10H13NO2. The first-order chi connectivity index (χ1) is 6.24. The lowest BCUT2D eigenvalue weighted by Gasteiger charge is -2.06. The molecule has 0 N–H and O–H groups in total. The number of ether oxygens (including phenoxy) is 1. The van der Waals surface area contributed by atoms with E-state index in [4.69, 9.17) is 4.74 Å². The third-order valence-corrected chi connectivity index (χ3v) is 1.56. The topological polar surface area (TPSA) is 39.2 Å². The summed E-state index contributed by atoms with van der Waals surface area (Å²) in [6.07, 6.45) is 2.01. The van der Waals surface area contributed by atoms with E-state index in [1.807, 2.05) is 13.0 Å². The van der Waals surface area contributed by atoms with Crippen LogP contribution in [-0.2, 0) is 11.2 Å². The normalized spacial score (nSPS) is 9.69. The first-order valence-corrected chi connectivity index (χ1v) is 4.30. The first kappa shape index (κ1) is 9.71. The number of hydrogen-bond donors (Lipinski definition) is 0. The van der Waals surface area contributed by atoms with Gasteiger partial charge in [0, 0.05) is 6.20 Å². The van der Waals surface area contributed by atoms with Gasteiger partial charge in [0.15, 0.2) is 0 Å². The van der Waals surface area contributed by atoms with Crippen LogP contribution in [0.2, 0.25) is 0 Å². The molecule has 70 valence electrons. The fraction of sp³-hybridized carbons (Fsp3) is 0.400. The Labute approximate surface area is 77.8 Å². The SMILES string of the molecule is CCOc1cccnc1CC(C)=O. The second kappa shape index (κ2) is 4.60. The van der Waals surface area contributed by atoms with Crippen molar-refractivity contribution in [3.63, 3.8) is 0 Å². The first-order valence-electron chi connectivity index (χ1n) is 4.30. The number of nitrogens with zero attached hydrogens (tertiary/aromatic N) is 1. The highest BCUT2D eigenvalue weighted by molar-refractivity contribution is 5.78. The van der Waals surface area contributed by atoms with Crippen LogP contribution < -0.4 is 4.74 Å².